The lowest BCUT2D eigenvalue weighted by Gasteiger charge is -2.11. The third-order valence-corrected chi connectivity index (χ3v) is 3.57. The van der Waals surface area contributed by atoms with E-state index >= 15 is 0 Å². The minimum Gasteiger partial charge on any atom is -0.495 e. The number of carbonyl (C=O) groups is 1. The molecule has 114 valence electrons. The lowest BCUT2D eigenvalue weighted by molar-refractivity contribution is -0.384. The molecule has 1 N–H and O–H groups in total. The molecule has 0 bridgehead atoms. The molecule has 0 spiro atoms. The molecule has 0 saturated heterocycles. The lowest BCUT2D eigenvalue weighted by atomic mass is 10.1. The Balaban J connectivity index is 2.30. The van der Waals surface area contributed by atoms with Gasteiger partial charge < -0.3 is 10.1 Å². The van der Waals surface area contributed by atoms with Gasteiger partial charge in [-0.1, -0.05) is 15.9 Å². The van der Waals surface area contributed by atoms with Gasteiger partial charge in [-0.05, 0) is 36.8 Å². The Kier molecular flexibility index (Phi) is 4.77. The molecule has 0 heterocycles. The fraction of sp³-hybridized carbons (Fsp3) is 0.133. The fourth-order valence-electron chi connectivity index (χ4n) is 1.98. The van der Waals surface area contributed by atoms with E-state index in [-0.39, 0.29) is 11.6 Å². The average molecular weight is 365 g/mol. The third-order valence-electron chi connectivity index (χ3n) is 3.08. The second kappa shape index (κ2) is 6.57. The first-order valence-corrected chi connectivity index (χ1v) is 7.11. The summed E-state index contributed by atoms with van der Waals surface area (Å²) in [5.41, 5.74) is 1.36. The number of halogens is 1. The van der Waals surface area contributed by atoms with Gasteiger partial charge in [0.05, 0.1) is 17.7 Å². The Morgan fingerprint density at radius 1 is 1.27 bits per heavy atom. The number of benzene rings is 2. The molecule has 2 aromatic rings. The minimum absolute atomic E-state index is 0.0471. The smallest absolute Gasteiger partial charge is 0.269 e. The van der Waals surface area contributed by atoms with Gasteiger partial charge in [0, 0.05) is 22.2 Å². The first-order chi connectivity index (χ1) is 10.4. The summed E-state index contributed by atoms with van der Waals surface area (Å²) in [6.45, 7) is 1.65. The summed E-state index contributed by atoms with van der Waals surface area (Å²) in [7, 11) is 1.51. The quantitative estimate of drug-likeness (QED) is 0.658. The van der Waals surface area contributed by atoms with Crippen molar-refractivity contribution < 1.29 is 14.5 Å². The van der Waals surface area contributed by atoms with Crippen molar-refractivity contribution in [2.24, 2.45) is 0 Å². The minimum atomic E-state index is -0.494. The lowest BCUT2D eigenvalue weighted by Crippen LogP contribution is -2.14. The van der Waals surface area contributed by atoms with Crippen LogP contribution in [0.5, 0.6) is 5.75 Å². The Morgan fingerprint density at radius 3 is 2.59 bits per heavy atom. The topological polar surface area (TPSA) is 81.5 Å². The maximum Gasteiger partial charge on any atom is 0.269 e. The van der Waals surface area contributed by atoms with Gasteiger partial charge >= 0.3 is 0 Å². The van der Waals surface area contributed by atoms with Crippen LogP contribution in [0.1, 0.15) is 15.9 Å². The zero-order chi connectivity index (χ0) is 16.3. The summed E-state index contributed by atoms with van der Waals surface area (Å²) in [6.07, 6.45) is 0. The molecule has 0 aliphatic heterocycles. The SMILES string of the molecule is COc1ccc(Br)cc1NC(=O)c1ccc([N+](=O)[O-])cc1C. The summed E-state index contributed by atoms with van der Waals surface area (Å²) in [6, 6.07) is 9.35. The van der Waals surface area contributed by atoms with Gasteiger partial charge in [0.1, 0.15) is 5.75 Å². The maximum atomic E-state index is 12.3. The van der Waals surface area contributed by atoms with Crippen LogP contribution >= 0.6 is 15.9 Å². The van der Waals surface area contributed by atoms with Crippen molar-refractivity contribution in [2.45, 2.75) is 6.92 Å². The van der Waals surface area contributed by atoms with E-state index in [2.05, 4.69) is 21.2 Å². The predicted molar refractivity (Wildman–Crippen MR) is 86.5 cm³/mol. The number of nitrogens with zero attached hydrogens (tertiary/aromatic N) is 1. The fourth-order valence-corrected chi connectivity index (χ4v) is 2.34. The van der Waals surface area contributed by atoms with Crippen LogP contribution in [-0.2, 0) is 0 Å². The van der Waals surface area contributed by atoms with E-state index in [9.17, 15) is 14.9 Å². The van der Waals surface area contributed by atoms with Crippen molar-refractivity contribution in [1.82, 2.24) is 0 Å². The summed E-state index contributed by atoms with van der Waals surface area (Å²) < 4.78 is 5.99. The van der Waals surface area contributed by atoms with E-state index in [1.54, 1.807) is 25.1 Å². The van der Waals surface area contributed by atoms with Crippen LogP contribution in [-0.4, -0.2) is 17.9 Å². The molecule has 0 aliphatic rings. The zero-order valence-electron chi connectivity index (χ0n) is 11.9. The van der Waals surface area contributed by atoms with E-state index in [4.69, 9.17) is 4.74 Å². The molecule has 7 heteroatoms. The standard InChI is InChI=1S/C15H13BrN2O4/c1-9-7-11(18(20)21)4-5-12(9)15(19)17-13-8-10(16)3-6-14(13)22-2/h3-8H,1-2H3,(H,17,19). The highest BCUT2D eigenvalue weighted by molar-refractivity contribution is 9.10. The molecule has 6 nitrogen and oxygen atoms in total. The van der Waals surface area contributed by atoms with Gasteiger partial charge in [-0.15, -0.1) is 0 Å². The van der Waals surface area contributed by atoms with Gasteiger partial charge in [0.2, 0.25) is 0 Å². The zero-order valence-corrected chi connectivity index (χ0v) is 13.5. The van der Waals surface area contributed by atoms with E-state index in [1.807, 2.05) is 0 Å². The molecular weight excluding hydrogens is 352 g/mol. The van der Waals surface area contributed by atoms with Gasteiger partial charge in [-0.25, -0.2) is 0 Å². The Hall–Kier alpha value is -2.41. The second-order valence-corrected chi connectivity index (χ2v) is 5.47. The van der Waals surface area contributed by atoms with Crippen LogP contribution in [0.4, 0.5) is 11.4 Å². The molecule has 0 fully saturated rings. The highest BCUT2D eigenvalue weighted by atomic mass is 79.9. The van der Waals surface area contributed by atoms with Crippen LogP contribution in [0.3, 0.4) is 0 Å². The van der Waals surface area contributed by atoms with Crippen molar-refractivity contribution in [1.29, 1.82) is 0 Å². The van der Waals surface area contributed by atoms with E-state index in [1.165, 1.54) is 25.3 Å². The van der Waals surface area contributed by atoms with Crippen LogP contribution in [0.15, 0.2) is 40.9 Å². The van der Waals surface area contributed by atoms with Gasteiger partial charge in [-0.2, -0.15) is 0 Å². The monoisotopic (exact) mass is 364 g/mol. The number of anilines is 1. The maximum absolute atomic E-state index is 12.3. The number of aryl methyl sites for hydroxylation is 1. The summed E-state index contributed by atoms with van der Waals surface area (Å²) in [5.74, 6) is 0.167. The molecule has 0 saturated carbocycles. The molecule has 0 aromatic heterocycles. The van der Waals surface area contributed by atoms with Crippen molar-refractivity contribution in [2.75, 3.05) is 12.4 Å². The molecular formula is C15H13BrN2O4. The number of non-ortho nitro benzene ring substituents is 1. The van der Waals surface area contributed by atoms with E-state index in [0.717, 1.165) is 4.47 Å². The van der Waals surface area contributed by atoms with Crippen molar-refractivity contribution >= 4 is 33.2 Å². The highest BCUT2D eigenvalue weighted by Crippen LogP contribution is 2.28. The number of carbonyl (C=O) groups excluding carboxylic acids is 1. The van der Waals surface area contributed by atoms with Crippen molar-refractivity contribution in [3.63, 3.8) is 0 Å². The third kappa shape index (κ3) is 3.43. The van der Waals surface area contributed by atoms with Crippen LogP contribution in [0, 0.1) is 17.0 Å². The number of methoxy groups -OCH3 is 1. The predicted octanol–water partition coefficient (Wildman–Crippen LogP) is 3.93. The summed E-state index contributed by atoms with van der Waals surface area (Å²) >= 11 is 3.33. The summed E-state index contributed by atoms with van der Waals surface area (Å²) in [4.78, 5) is 22.6. The van der Waals surface area contributed by atoms with Gasteiger partial charge in [0.15, 0.2) is 0 Å². The van der Waals surface area contributed by atoms with Crippen molar-refractivity contribution in [3.8, 4) is 5.75 Å². The number of nitrogens with one attached hydrogen (secondary N) is 1. The normalized spacial score (nSPS) is 10.1. The average Bonchev–Trinajstić information content (AvgIpc) is 2.47. The van der Waals surface area contributed by atoms with E-state index in [0.29, 0.717) is 22.6 Å². The number of hydrogen-bond donors (Lipinski definition) is 1. The molecule has 2 rings (SSSR count). The molecule has 2 aromatic carbocycles. The Morgan fingerprint density at radius 2 is 2.00 bits per heavy atom. The molecule has 0 aliphatic carbocycles. The molecule has 0 atom stereocenters. The number of amides is 1. The molecule has 0 radical (unpaired) electrons. The van der Waals surface area contributed by atoms with Crippen LogP contribution in [0.25, 0.3) is 0 Å². The first kappa shape index (κ1) is 16.0. The Bertz CT molecular complexity index is 746. The van der Waals surface area contributed by atoms with Gasteiger partial charge in [-0.3, -0.25) is 14.9 Å². The first-order valence-electron chi connectivity index (χ1n) is 6.32. The second-order valence-electron chi connectivity index (χ2n) is 4.56. The molecule has 1 amide bonds. The van der Waals surface area contributed by atoms with Crippen molar-refractivity contribution in [3.05, 3.63) is 62.1 Å². The van der Waals surface area contributed by atoms with Gasteiger partial charge in [0.25, 0.3) is 11.6 Å². The largest absolute Gasteiger partial charge is 0.495 e. The number of ether oxygens (including phenoxy) is 1. The van der Waals surface area contributed by atoms with E-state index < -0.39 is 4.92 Å². The number of rotatable bonds is 4. The van der Waals surface area contributed by atoms with Crippen LogP contribution < -0.4 is 10.1 Å². The number of nitro benzene ring substituents is 1. The molecule has 0 unspecified atom stereocenters. The number of nitro groups is 1. The molecule has 22 heavy (non-hydrogen) atoms. The summed E-state index contributed by atoms with van der Waals surface area (Å²) in [5, 5.41) is 13.5. The highest BCUT2D eigenvalue weighted by Gasteiger charge is 2.15. The Labute approximate surface area is 135 Å². The number of hydrogen-bond acceptors (Lipinski definition) is 4. The van der Waals surface area contributed by atoms with Crippen LogP contribution in [0.2, 0.25) is 0 Å².